The molecule has 0 spiro atoms. The van der Waals surface area contributed by atoms with Crippen molar-refractivity contribution in [1.82, 2.24) is 0 Å². The van der Waals surface area contributed by atoms with Gasteiger partial charge in [0.1, 0.15) is 5.78 Å². The molecular formula is C31H40O4Si. The number of aliphatic hydroxyl groups excluding tert-OH is 1. The quantitative estimate of drug-likeness (QED) is 0.348. The van der Waals surface area contributed by atoms with E-state index in [0.717, 1.165) is 15.9 Å². The van der Waals surface area contributed by atoms with Crippen LogP contribution in [0.5, 0.6) is 0 Å². The zero-order valence-electron chi connectivity index (χ0n) is 22.2. The van der Waals surface area contributed by atoms with Crippen molar-refractivity contribution in [3.8, 4) is 0 Å². The van der Waals surface area contributed by atoms with Crippen LogP contribution in [-0.4, -0.2) is 38.0 Å². The normalized spacial score (nSPS) is 14.7. The van der Waals surface area contributed by atoms with Gasteiger partial charge >= 0.3 is 0 Å². The van der Waals surface area contributed by atoms with Gasteiger partial charge < -0.3 is 14.3 Å². The van der Waals surface area contributed by atoms with Gasteiger partial charge in [-0.2, -0.15) is 0 Å². The fourth-order valence-electron chi connectivity index (χ4n) is 4.64. The number of ketones is 1. The summed E-state index contributed by atoms with van der Waals surface area (Å²) in [6, 6.07) is 30.6. The van der Waals surface area contributed by atoms with Crippen molar-refractivity contribution in [2.24, 2.45) is 5.92 Å². The minimum Gasteiger partial charge on any atom is -0.402 e. The van der Waals surface area contributed by atoms with E-state index in [2.05, 4.69) is 45.0 Å². The van der Waals surface area contributed by atoms with Crippen LogP contribution in [0.2, 0.25) is 5.04 Å². The van der Waals surface area contributed by atoms with Crippen molar-refractivity contribution >= 4 is 24.5 Å². The average molecular weight is 505 g/mol. The number of hydrogen-bond acceptors (Lipinski definition) is 4. The van der Waals surface area contributed by atoms with Gasteiger partial charge in [0.15, 0.2) is 0 Å². The second kappa shape index (κ2) is 12.6. The molecule has 3 rings (SSSR count). The maximum atomic E-state index is 12.9. The highest BCUT2D eigenvalue weighted by Crippen LogP contribution is 2.38. The van der Waals surface area contributed by atoms with E-state index in [0.29, 0.717) is 13.2 Å². The number of carbonyl (C=O) groups excluding carboxylic acids is 1. The molecule has 4 nitrogen and oxygen atoms in total. The summed E-state index contributed by atoms with van der Waals surface area (Å²) in [7, 11) is -2.81. The number of ether oxygens (including phenoxy) is 1. The Hall–Kier alpha value is -2.57. The van der Waals surface area contributed by atoms with Crippen molar-refractivity contribution in [3.05, 3.63) is 96.6 Å². The average Bonchev–Trinajstić information content (AvgIpc) is 2.88. The second-order valence-electron chi connectivity index (χ2n) is 10.6. The molecule has 0 unspecified atom stereocenters. The standard InChI is InChI=1S/C31H40O4Si/c1-24(22-34-23-26-15-9-6-10-16-26)29(32)21-30(33)25(2)35-36(31(3,4)5,27-17-11-7-12-18-27)28-19-13-8-14-20-28/h6-20,24-25,30,33H,21-23H2,1-5H3/t24-,25+,30+/m0/s1. The van der Waals surface area contributed by atoms with Crippen LogP contribution in [0.25, 0.3) is 0 Å². The minimum absolute atomic E-state index is 0.0199. The van der Waals surface area contributed by atoms with E-state index in [9.17, 15) is 9.90 Å². The van der Waals surface area contributed by atoms with E-state index in [1.54, 1.807) is 0 Å². The third kappa shape index (κ3) is 6.80. The molecule has 3 aromatic carbocycles. The molecule has 5 heteroatoms. The smallest absolute Gasteiger partial charge is 0.261 e. The van der Waals surface area contributed by atoms with Gasteiger partial charge in [-0.3, -0.25) is 4.79 Å². The summed E-state index contributed by atoms with van der Waals surface area (Å²) in [5.74, 6) is -0.322. The Balaban J connectivity index is 1.72. The molecule has 0 bridgehead atoms. The van der Waals surface area contributed by atoms with Crippen molar-refractivity contribution in [1.29, 1.82) is 0 Å². The second-order valence-corrected chi connectivity index (χ2v) is 14.9. The van der Waals surface area contributed by atoms with Gasteiger partial charge in [0.25, 0.3) is 8.32 Å². The summed E-state index contributed by atoms with van der Waals surface area (Å²) in [5.41, 5.74) is 1.07. The number of Topliss-reactive ketones (excluding diaryl/α,β-unsaturated/α-hetero) is 1. The monoisotopic (exact) mass is 504 g/mol. The molecule has 0 aliphatic rings. The number of carbonyl (C=O) groups is 1. The van der Waals surface area contributed by atoms with Gasteiger partial charge in [0, 0.05) is 12.3 Å². The van der Waals surface area contributed by atoms with Gasteiger partial charge in [0.05, 0.1) is 25.4 Å². The van der Waals surface area contributed by atoms with E-state index in [-0.39, 0.29) is 23.2 Å². The van der Waals surface area contributed by atoms with Gasteiger partial charge in [-0.1, -0.05) is 119 Å². The predicted octanol–water partition coefficient (Wildman–Crippen LogP) is 5.12. The number of benzene rings is 3. The Morgan fingerprint density at radius 3 is 1.78 bits per heavy atom. The molecule has 1 N–H and O–H groups in total. The molecule has 0 saturated carbocycles. The Morgan fingerprint density at radius 1 is 0.833 bits per heavy atom. The topological polar surface area (TPSA) is 55.8 Å². The van der Waals surface area contributed by atoms with Crippen LogP contribution in [-0.2, 0) is 20.6 Å². The molecular weight excluding hydrogens is 464 g/mol. The van der Waals surface area contributed by atoms with E-state index in [4.69, 9.17) is 9.16 Å². The first kappa shape index (κ1) is 28.0. The van der Waals surface area contributed by atoms with Gasteiger partial charge in [-0.15, -0.1) is 0 Å². The maximum Gasteiger partial charge on any atom is 0.261 e. The van der Waals surface area contributed by atoms with Crippen LogP contribution in [0.4, 0.5) is 0 Å². The highest BCUT2D eigenvalue weighted by Gasteiger charge is 2.51. The fraction of sp³-hybridized carbons (Fsp3) is 0.387. The molecule has 0 amide bonds. The first-order chi connectivity index (χ1) is 17.1. The highest BCUT2D eigenvalue weighted by atomic mass is 28.4. The fourth-order valence-corrected chi connectivity index (χ4v) is 9.37. The Kier molecular flexibility index (Phi) is 9.80. The molecule has 0 fully saturated rings. The first-order valence-corrected chi connectivity index (χ1v) is 14.7. The summed E-state index contributed by atoms with van der Waals surface area (Å²) in [5, 5.41) is 13.2. The molecule has 192 valence electrons. The minimum atomic E-state index is -2.81. The van der Waals surface area contributed by atoms with Gasteiger partial charge in [-0.05, 0) is 27.9 Å². The highest BCUT2D eigenvalue weighted by molar-refractivity contribution is 6.99. The predicted molar refractivity (Wildman–Crippen MR) is 149 cm³/mol. The molecule has 0 aliphatic heterocycles. The summed E-state index contributed by atoms with van der Waals surface area (Å²) in [4.78, 5) is 12.9. The summed E-state index contributed by atoms with van der Waals surface area (Å²) in [6.45, 7) is 11.1. The SMILES string of the molecule is C[C@@H](COCc1ccccc1)C(=O)C[C@@H](O)[C@@H](C)O[Si](c1ccccc1)(c1ccccc1)C(C)(C)C. The van der Waals surface area contributed by atoms with Crippen molar-refractivity contribution in [2.45, 2.75) is 64.9 Å². The van der Waals surface area contributed by atoms with Crippen LogP contribution in [0, 0.1) is 5.92 Å². The van der Waals surface area contributed by atoms with Crippen LogP contribution >= 0.6 is 0 Å². The lowest BCUT2D eigenvalue weighted by molar-refractivity contribution is -0.127. The van der Waals surface area contributed by atoms with E-state index in [1.165, 1.54) is 0 Å². The lowest BCUT2D eigenvalue weighted by Crippen LogP contribution is -2.68. The molecule has 3 atom stereocenters. The molecule has 0 radical (unpaired) electrons. The molecule has 0 aromatic heterocycles. The van der Waals surface area contributed by atoms with E-state index in [1.807, 2.05) is 80.6 Å². The van der Waals surface area contributed by atoms with Crippen LogP contribution in [0.15, 0.2) is 91.0 Å². The van der Waals surface area contributed by atoms with Crippen molar-refractivity contribution < 1.29 is 19.1 Å². The van der Waals surface area contributed by atoms with Crippen molar-refractivity contribution in [3.63, 3.8) is 0 Å². The van der Waals surface area contributed by atoms with Gasteiger partial charge in [0.2, 0.25) is 0 Å². The Morgan fingerprint density at radius 2 is 1.31 bits per heavy atom. The third-order valence-corrected chi connectivity index (χ3v) is 11.9. The number of hydrogen-bond donors (Lipinski definition) is 1. The zero-order valence-corrected chi connectivity index (χ0v) is 23.2. The van der Waals surface area contributed by atoms with Crippen LogP contribution in [0.1, 0.15) is 46.6 Å². The first-order valence-electron chi connectivity index (χ1n) is 12.8. The van der Waals surface area contributed by atoms with E-state index < -0.39 is 20.5 Å². The molecule has 0 heterocycles. The van der Waals surface area contributed by atoms with Crippen molar-refractivity contribution in [2.75, 3.05) is 6.61 Å². The Labute approximate surface area is 217 Å². The maximum absolute atomic E-state index is 12.9. The van der Waals surface area contributed by atoms with Crippen LogP contribution in [0.3, 0.4) is 0 Å². The largest absolute Gasteiger partial charge is 0.402 e. The third-order valence-electron chi connectivity index (χ3n) is 6.76. The summed E-state index contributed by atoms with van der Waals surface area (Å²) >= 11 is 0. The van der Waals surface area contributed by atoms with E-state index >= 15 is 0 Å². The molecule has 0 saturated heterocycles. The Bertz CT molecular complexity index is 1020. The summed E-state index contributed by atoms with van der Waals surface area (Å²) in [6.07, 6.45) is -1.39. The number of aliphatic hydroxyl groups is 1. The van der Waals surface area contributed by atoms with Gasteiger partial charge in [-0.25, -0.2) is 0 Å². The van der Waals surface area contributed by atoms with Crippen LogP contribution < -0.4 is 10.4 Å². The molecule has 36 heavy (non-hydrogen) atoms. The lowest BCUT2D eigenvalue weighted by Gasteiger charge is -2.45. The zero-order chi connectivity index (χ0) is 26.2. The molecule has 0 aliphatic carbocycles. The lowest BCUT2D eigenvalue weighted by atomic mass is 10.00. The number of rotatable bonds is 12. The molecule has 3 aromatic rings. The summed E-state index contributed by atoms with van der Waals surface area (Å²) < 4.78 is 12.7.